The summed E-state index contributed by atoms with van der Waals surface area (Å²) in [5.74, 6) is -1.37. The molecule has 0 atom stereocenters. The molecule has 0 fully saturated rings. The van der Waals surface area contributed by atoms with Gasteiger partial charge in [-0.1, -0.05) is 11.6 Å². The number of carbonyl (C=O) groups is 1. The van der Waals surface area contributed by atoms with Gasteiger partial charge in [-0.2, -0.15) is 0 Å². The van der Waals surface area contributed by atoms with Gasteiger partial charge in [0.1, 0.15) is 5.82 Å². The van der Waals surface area contributed by atoms with Gasteiger partial charge in [-0.25, -0.2) is 4.39 Å². The molecule has 0 saturated carbocycles. The number of hydrogen-bond donors (Lipinski definition) is 1. The predicted octanol–water partition coefficient (Wildman–Crippen LogP) is 2.01. The maximum absolute atomic E-state index is 13.1. The van der Waals surface area contributed by atoms with E-state index in [-0.39, 0.29) is 6.54 Å². The van der Waals surface area contributed by atoms with Crippen LogP contribution in [-0.4, -0.2) is 42.8 Å². The van der Waals surface area contributed by atoms with Gasteiger partial charge in [-0.15, -0.1) is 0 Å². The second-order valence-corrected chi connectivity index (χ2v) is 4.31. The maximum Gasteiger partial charge on any atom is 0.317 e. The molecular weight excluding hydrogens is 261 g/mol. The summed E-state index contributed by atoms with van der Waals surface area (Å²) in [5, 5.41) is 9.09. The van der Waals surface area contributed by atoms with Gasteiger partial charge in [0.25, 0.3) is 0 Å². The van der Waals surface area contributed by atoms with Gasteiger partial charge in [0.15, 0.2) is 0 Å². The van der Waals surface area contributed by atoms with Crippen LogP contribution in [-0.2, 0) is 16.1 Å². The van der Waals surface area contributed by atoms with E-state index in [0.29, 0.717) is 30.3 Å². The molecule has 6 heteroatoms. The van der Waals surface area contributed by atoms with Crippen LogP contribution < -0.4 is 0 Å². The van der Waals surface area contributed by atoms with E-state index in [9.17, 15) is 9.18 Å². The molecule has 100 valence electrons. The lowest BCUT2D eigenvalue weighted by Gasteiger charge is -2.19. The van der Waals surface area contributed by atoms with Gasteiger partial charge in [-0.05, 0) is 23.8 Å². The fourth-order valence-electron chi connectivity index (χ4n) is 1.59. The van der Waals surface area contributed by atoms with Crippen molar-refractivity contribution in [3.05, 3.63) is 34.6 Å². The van der Waals surface area contributed by atoms with E-state index < -0.39 is 11.8 Å². The van der Waals surface area contributed by atoms with E-state index in [0.717, 1.165) is 0 Å². The van der Waals surface area contributed by atoms with Crippen LogP contribution in [0.2, 0.25) is 5.02 Å². The van der Waals surface area contributed by atoms with E-state index in [1.165, 1.54) is 19.2 Å². The molecule has 0 saturated heterocycles. The molecule has 0 aliphatic rings. The smallest absolute Gasteiger partial charge is 0.317 e. The molecule has 1 N–H and O–H groups in total. The Labute approximate surface area is 110 Å². The van der Waals surface area contributed by atoms with Crippen molar-refractivity contribution in [3.63, 3.8) is 0 Å². The highest BCUT2D eigenvalue weighted by Crippen LogP contribution is 2.15. The summed E-state index contributed by atoms with van der Waals surface area (Å²) < 4.78 is 18.1. The molecule has 1 rings (SSSR count). The molecule has 0 amide bonds. The Morgan fingerprint density at radius 1 is 1.50 bits per heavy atom. The van der Waals surface area contributed by atoms with Crippen molar-refractivity contribution in [2.75, 3.05) is 26.8 Å². The molecule has 0 radical (unpaired) electrons. The zero-order valence-corrected chi connectivity index (χ0v) is 10.8. The molecule has 0 aliphatic carbocycles. The average molecular weight is 276 g/mol. The number of nitrogens with zero attached hydrogens (tertiary/aromatic N) is 1. The fourth-order valence-corrected chi connectivity index (χ4v) is 1.83. The Balaban J connectivity index is 2.71. The topological polar surface area (TPSA) is 49.8 Å². The summed E-state index contributed by atoms with van der Waals surface area (Å²) in [4.78, 5) is 12.4. The Kier molecular flexibility index (Phi) is 6.04. The first kappa shape index (κ1) is 14.9. The minimum atomic E-state index is -0.936. The van der Waals surface area contributed by atoms with Gasteiger partial charge in [0.2, 0.25) is 0 Å². The second kappa shape index (κ2) is 7.31. The van der Waals surface area contributed by atoms with Crippen molar-refractivity contribution in [1.29, 1.82) is 0 Å². The molecule has 1 aromatic rings. The van der Waals surface area contributed by atoms with Crippen molar-refractivity contribution in [2.24, 2.45) is 0 Å². The SMILES string of the molecule is COCCN(CC(=O)O)Cc1cc(F)cc(Cl)c1. The molecule has 1 aromatic carbocycles. The first-order chi connectivity index (χ1) is 8.51. The minimum absolute atomic E-state index is 0.127. The zero-order chi connectivity index (χ0) is 13.5. The first-order valence-electron chi connectivity index (χ1n) is 5.39. The van der Waals surface area contributed by atoms with Crippen molar-refractivity contribution < 1.29 is 19.0 Å². The number of carboxylic acid groups (broad SMARTS) is 1. The van der Waals surface area contributed by atoms with Crippen LogP contribution >= 0.6 is 11.6 Å². The Hall–Kier alpha value is -1.17. The van der Waals surface area contributed by atoms with E-state index in [1.807, 2.05) is 0 Å². The normalized spacial score (nSPS) is 10.9. The first-order valence-corrected chi connectivity index (χ1v) is 5.77. The maximum atomic E-state index is 13.1. The van der Waals surface area contributed by atoms with Crippen LogP contribution in [0, 0.1) is 5.82 Å². The third-order valence-electron chi connectivity index (χ3n) is 2.30. The van der Waals surface area contributed by atoms with E-state index >= 15 is 0 Å². The van der Waals surface area contributed by atoms with Crippen LogP contribution in [0.3, 0.4) is 0 Å². The van der Waals surface area contributed by atoms with Crippen LogP contribution in [0.5, 0.6) is 0 Å². The number of rotatable bonds is 7. The lowest BCUT2D eigenvalue weighted by molar-refractivity contribution is -0.138. The van der Waals surface area contributed by atoms with Gasteiger partial charge in [-0.3, -0.25) is 9.69 Å². The number of hydrogen-bond acceptors (Lipinski definition) is 3. The number of methoxy groups -OCH3 is 1. The largest absolute Gasteiger partial charge is 0.480 e. The van der Waals surface area contributed by atoms with E-state index in [2.05, 4.69) is 0 Å². The van der Waals surface area contributed by atoms with Crippen molar-refractivity contribution in [3.8, 4) is 0 Å². The summed E-state index contributed by atoms with van der Waals surface area (Å²) >= 11 is 5.74. The summed E-state index contributed by atoms with van der Waals surface area (Å²) in [7, 11) is 1.54. The third kappa shape index (κ3) is 5.44. The monoisotopic (exact) mass is 275 g/mol. The quantitative estimate of drug-likeness (QED) is 0.827. The van der Waals surface area contributed by atoms with Gasteiger partial charge in [0, 0.05) is 25.2 Å². The zero-order valence-electron chi connectivity index (χ0n) is 10.0. The summed E-state index contributed by atoms with van der Waals surface area (Å²) in [5.41, 5.74) is 0.636. The molecule has 0 aliphatic heterocycles. The Morgan fingerprint density at radius 3 is 2.78 bits per heavy atom. The van der Waals surface area contributed by atoms with Crippen LogP contribution in [0.1, 0.15) is 5.56 Å². The second-order valence-electron chi connectivity index (χ2n) is 3.87. The Morgan fingerprint density at radius 2 is 2.22 bits per heavy atom. The van der Waals surface area contributed by atoms with E-state index in [1.54, 1.807) is 11.0 Å². The fraction of sp³-hybridized carbons (Fsp3) is 0.417. The molecular formula is C12H15ClFNO3. The number of carboxylic acids is 1. The summed E-state index contributed by atoms with van der Waals surface area (Å²) in [6, 6.07) is 4.17. The molecule has 4 nitrogen and oxygen atoms in total. The van der Waals surface area contributed by atoms with Gasteiger partial charge < -0.3 is 9.84 Å². The van der Waals surface area contributed by atoms with Crippen molar-refractivity contribution in [1.82, 2.24) is 4.90 Å². The summed E-state index contributed by atoms with van der Waals surface area (Å²) in [6.07, 6.45) is 0. The minimum Gasteiger partial charge on any atom is -0.480 e. The Bertz CT molecular complexity index is 394. The molecule has 0 spiro atoms. The number of ether oxygens (including phenoxy) is 1. The lowest BCUT2D eigenvalue weighted by Crippen LogP contribution is -2.32. The number of aliphatic carboxylic acids is 1. The summed E-state index contributed by atoms with van der Waals surface area (Å²) in [6.45, 7) is 1.05. The molecule has 0 heterocycles. The molecule has 0 bridgehead atoms. The van der Waals surface area contributed by atoms with Crippen molar-refractivity contribution >= 4 is 17.6 Å². The van der Waals surface area contributed by atoms with Crippen LogP contribution in [0.15, 0.2) is 18.2 Å². The number of halogens is 2. The van der Waals surface area contributed by atoms with Gasteiger partial charge in [0.05, 0.1) is 13.2 Å². The van der Waals surface area contributed by atoms with Crippen LogP contribution in [0.25, 0.3) is 0 Å². The number of benzene rings is 1. The molecule has 0 unspecified atom stereocenters. The highest BCUT2D eigenvalue weighted by Gasteiger charge is 2.11. The van der Waals surface area contributed by atoms with E-state index in [4.69, 9.17) is 21.4 Å². The standard InChI is InChI=1S/C12H15ClFNO3/c1-18-3-2-15(8-12(16)17)7-9-4-10(13)6-11(14)5-9/h4-6H,2-3,7-8H2,1H3,(H,16,17). The van der Waals surface area contributed by atoms with Crippen LogP contribution in [0.4, 0.5) is 4.39 Å². The predicted molar refractivity (Wildman–Crippen MR) is 66.2 cm³/mol. The van der Waals surface area contributed by atoms with Gasteiger partial charge >= 0.3 is 5.97 Å². The van der Waals surface area contributed by atoms with Crippen molar-refractivity contribution in [2.45, 2.75) is 6.54 Å². The lowest BCUT2D eigenvalue weighted by atomic mass is 10.2. The molecule has 18 heavy (non-hydrogen) atoms. The third-order valence-corrected chi connectivity index (χ3v) is 2.52. The average Bonchev–Trinajstić information content (AvgIpc) is 2.23. The molecule has 0 aromatic heterocycles. The highest BCUT2D eigenvalue weighted by molar-refractivity contribution is 6.30. The highest BCUT2D eigenvalue weighted by atomic mass is 35.5.